The largest absolute Gasteiger partial charge is 0.206 e. The van der Waals surface area contributed by atoms with Gasteiger partial charge in [0.1, 0.15) is 5.82 Å². The van der Waals surface area contributed by atoms with E-state index in [0.29, 0.717) is 10.7 Å². The van der Waals surface area contributed by atoms with Gasteiger partial charge in [-0.2, -0.15) is 0 Å². The van der Waals surface area contributed by atoms with E-state index in [1.165, 1.54) is 0 Å². The van der Waals surface area contributed by atoms with Crippen LogP contribution < -0.4 is 0 Å². The Balaban J connectivity index is 2.25. The van der Waals surface area contributed by atoms with Crippen LogP contribution in [0.4, 0.5) is 4.39 Å². The van der Waals surface area contributed by atoms with Gasteiger partial charge in [-0.3, -0.25) is 0 Å². The Morgan fingerprint density at radius 1 is 1.64 bits per heavy atom. The molecule has 2 rings (SSSR count). The second-order valence-electron chi connectivity index (χ2n) is 2.83. The smallest absolute Gasteiger partial charge is 0.131 e. The average molecular weight is 214 g/mol. The number of rotatable bonds is 1. The number of hydrogen-bond donors (Lipinski definition) is 0. The van der Waals surface area contributed by atoms with Gasteiger partial charge in [-0.15, -0.1) is 0 Å². The highest BCUT2D eigenvalue weighted by Gasteiger charge is 2.35. The maximum absolute atomic E-state index is 12.6. The van der Waals surface area contributed by atoms with Crippen molar-refractivity contribution >= 4 is 15.9 Å². The molecule has 0 N–H and O–H groups in total. The molecule has 1 aliphatic rings. The molecule has 1 aliphatic carbocycles. The van der Waals surface area contributed by atoms with E-state index >= 15 is 0 Å². The van der Waals surface area contributed by atoms with Gasteiger partial charge in [0.25, 0.3) is 0 Å². The molecule has 57 valence electrons. The number of benzene rings is 1. The number of alkyl halides is 1. The first-order valence-corrected chi connectivity index (χ1v) is 4.50. The highest BCUT2D eigenvalue weighted by atomic mass is 79.9. The van der Waals surface area contributed by atoms with Crippen molar-refractivity contribution in [3.63, 3.8) is 0 Å². The predicted molar refractivity (Wildman–Crippen MR) is 45.3 cm³/mol. The van der Waals surface area contributed by atoms with Crippen LogP contribution in [-0.2, 0) is 0 Å². The molecular formula is C9H7BrF. The first kappa shape index (κ1) is 7.29. The molecule has 0 nitrogen and oxygen atoms in total. The Bertz CT molecular complexity index is 272. The van der Waals surface area contributed by atoms with E-state index in [1.54, 1.807) is 12.1 Å². The molecule has 1 radical (unpaired) electrons. The summed E-state index contributed by atoms with van der Waals surface area (Å²) < 4.78 is 12.6. The standard InChI is InChI=1S/C9H7BrF/c10-9-5-8(9)6-2-1-3-7(11)4-6/h1-2,4,8-9H,5H2. The second kappa shape index (κ2) is 2.59. The minimum atomic E-state index is -0.255. The normalized spacial score (nSPS) is 28.5. The molecular weight excluding hydrogens is 207 g/mol. The van der Waals surface area contributed by atoms with E-state index in [9.17, 15) is 4.39 Å². The zero-order valence-corrected chi connectivity index (χ0v) is 7.44. The molecule has 11 heavy (non-hydrogen) atoms. The molecule has 0 saturated heterocycles. The van der Waals surface area contributed by atoms with Gasteiger partial charge in [0.05, 0.1) is 0 Å². The monoisotopic (exact) mass is 213 g/mol. The van der Waals surface area contributed by atoms with Crippen molar-refractivity contribution in [2.45, 2.75) is 17.2 Å². The highest BCUT2D eigenvalue weighted by Crippen LogP contribution is 2.46. The van der Waals surface area contributed by atoms with Gasteiger partial charge in [-0.1, -0.05) is 28.1 Å². The van der Waals surface area contributed by atoms with Crippen LogP contribution in [0.1, 0.15) is 17.9 Å². The van der Waals surface area contributed by atoms with Gasteiger partial charge in [0.15, 0.2) is 0 Å². The summed E-state index contributed by atoms with van der Waals surface area (Å²) in [5.74, 6) is 0.271. The summed E-state index contributed by atoms with van der Waals surface area (Å²) in [5.41, 5.74) is 1.09. The zero-order valence-electron chi connectivity index (χ0n) is 5.85. The highest BCUT2D eigenvalue weighted by molar-refractivity contribution is 9.09. The topological polar surface area (TPSA) is 0 Å². The Hall–Kier alpha value is -0.370. The molecule has 0 spiro atoms. The number of halogens is 2. The lowest BCUT2D eigenvalue weighted by Crippen LogP contribution is -1.82. The maximum atomic E-state index is 12.6. The lowest BCUT2D eigenvalue weighted by molar-refractivity contribution is 0.623. The summed E-state index contributed by atoms with van der Waals surface area (Å²) in [4.78, 5) is 0.560. The molecule has 1 saturated carbocycles. The van der Waals surface area contributed by atoms with E-state index in [-0.39, 0.29) is 5.82 Å². The minimum absolute atomic E-state index is 0.255. The summed E-state index contributed by atoms with van der Waals surface area (Å²) >= 11 is 3.48. The fraction of sp³-hybridized carbons (Fsp3) is 0.333. The van der Waals surface area contributed by atoms with E-state index in [1.807, 2.05) is 6.07 Å². The van der Waals surface area contributed by atoms with Gasteiger partial charge >= 0.3 is 0 Å². The van der Waals surface area contributed by atoms with Crippen molar-refractivity contribution in [1.29, 1.82) is 0 Å². The van der Waals surface area contributed by atoms with Crippen molar-refractivity contribution in [3.8, 4) is 0 Å². The van der Waals surface area contributed by atoms with Crippen LogP contribution in [-0.4, -0.2) is 4.83 Å². The predicted octanol–water partition coefficient (Wildman–Crippen LogP) is 2.88. The Labute approximate surface area is 73.6 Å². The van der Waals surface area contributed by atoms with E-state index in [0.717, 1.165) is 12.0 Å². The van der Waals surface area contributed by atoms with Gasteiger partial charge in [0.2, 0.25) is 0 Å². The van der Waals surface area contributed by atoms with Crippen molar-refractivity contribution < 1.29 is 4.39 Å². The lowest BCUT2D eigenvalue weighted by Gasteiger charge is -1.95. The third-order valence-electron chi connectivity index (χ3n) is 1.93. The van der Waals surface area contributed by atoms with Crippen LogP contribution in [0.15, 0.2) is 18.2 Å². The summed E-state index contributed by atoms with van der Waals surface area (Å²) in [6.45, 7) is 0. The van der Waals surface area contributed by atoms with Crippen LogP contribution in [0.2, 0.25) is 0 Å². The third kappa shape index (κ3) is 1.45. The minimum Gasteiger partial charge on any atom is -0.206 e. The first-order valence-electron chi connectivity index (χ1n) is 3.58. The maximum Gasteiger partial charge on any atom is 0.131 e. The van der Waals surface area contributed by atoms with Gasteiger partial charge < -0.3 is 0 Å². The first-order chi connectivity index (χ1) is 5.27. The van der Waals surface area contributed by atoms with Crippen molar-refractivity contribution in [1.82, 2.24) is 0 Å². The molecule has 0 aromatic heterocycles. The third-order valence-corrected chi connectivity index (χ3v) is 2.94. The molecule has 2 heteroatoms. The molecule has 0 heterocycles. The van der Waals surface area contributed by atoms with E-state index < -0.39 is 0 Å². The molecule has 2 atom stereocenters. The average Bonchev–Trinajstić information content (AvgIpc) is 2.67. The molecule has 0 bridgehead atoms. The Kier molecular flexibility index (Phi) is 1.72. The van der Waals surface area contributed by atoms with Gasteiger partial charge in [-0.25, -0.2) is 4.39 Å². The summed E-state index contributed by atoms with van der Waals surface area (Å²) in [5, 5.41) is 0. The number of hydrogen-bond acceptors (Lipinski definition) is 0. The van der Waals surface area contributed by atoms with Gasteiger partial charge in [-0.05, 0) is 24.0 Å². The fourth-order valence-corrected chi connectivity index (χ4v) is 1.90. The lowest BCUT2D eigenvalue weighted by atomic mass is 10.1. The molecule has 1 fully saturated rings. The van der Waals surface area contributed by atoms with Crippen LogP contribution in [0.25, 0.3) is 0 Å². The molecule has 1 aromatic carbocycles. The summed E-state index contributed by atoms with van der Waals surface area (Å²) in [7, 11) is 0. The van der Waals surface area contributed by atoms with E-state index in [4.69, 9.17) is 0 Å². The van der Waals surface area contributed by atoms with Crippen molar-refractivity contribution in [2.75, 3.05) is 0 Å². The molecule has 1 aromatic rings. The summed E-state index contributed by atoms with van der Waals surface area (Å²) in [6, 6.07) is 7.62. The molecule has 0 aliphatic heterocycles. The molecule has 2 unspecified atom stereocenters. The SMILES string of the molecule is Fc1[c]ccc(C2CC2Br)c1. The van der Waals surface area contributed by atoms with Gasteiger partial charge in [0, 0.05) is 10.9 Å². The second-order valence-corrected chi connectivity index (χ2v) is 4.00. The summed E-state index contributed by atoms with van der Waals surface area (Å²) in [6.07, 6.45) is 1.13. The van der Waals surface area contributed by atoms with Crippen molar-refractivity contribution in [3.05, 3.63) is 35.6 Å². The quantitative estimate of drug-likeness (QED) is 0.630. The zero-order chi connectivity index (χ0) is 7.84. The van der Waals surface area contributed by atoms with E-state index in [2.05, 4.69) is 22.0 Å². The molecule has 0 amide bonds. The Morgan fingerprint density at radius 2 is 2.36 bits per heavy atom. The Morgan fingerprint density at radius 3 is 2.91 bits per heavy atom. The van der Waals surface area contributed by atoms with Crippen LogP contribution in [0, 0.1) is 11.9 Å². The van der Waals surface area contributed by atoms with Crippen molar-refractivity contribution in [2.24, 2.45) is 0 Å². The van der Waals surface area contributed by atoms with Crippen LogP contribution >= 0.6 is 15.9 Å². The van der Waals surface area contributed by atoms with Crippen LogP contribution in [0.3, 0.4) is 0 Å². The van der Waals surface area contributed by atoms with Crippen LogP contribution in [0.5, 0.6) is 0 Å². The fourth-order valence-electron chi connectivity index (χ4n) is 1.19.